The first-order valence-electron chi connectivity index (χ1n) is 11.7. The normalized spacial score (nSPS) is 15.8. The van der Waals surface area contributed by atoms with Crippen molar-refractivity contribution in [2.24, 2.45) is 5.73 Å². The molecule has 1 heterocycles. The predicted molar refractivity (Wildman–Crippen MR) is 131 cm³/mol. The third-order valence-corrected chi connectivity index (χ3v) is 5.66. The molecule has 1 amide bonds. The van der Waals surface area contributed by atoms with E-state index in [0.29, 0.717) is 5.57 Å². The molecular weight excluding hydrogens is 464 g/mol. The smallest absolute Gasteiger partial charge is 0.310 e. The molecular formula is C27H32N2O7. The van der Waals surface area contributed by atoms with Crippen molar-refractivity contribution in [2.75, 3.05) is 13.7 Å². The average molecular weight is 497 g/mol. The largest absolute Gasteiger partial charge is 0.484 e. The number of carbonyl (C=O) groups is 4. The molecule has 2 aliphatic rings. The highest BCUT2D eigenvalue weighted by atomic mass is 16.6. The van der Waals surface area contributed by atoms with E-state index in [1.165, 1.54) is 13.2 Å². The third-order valence-electron chi connectivity index (χ3n) is 5.66. The van der Waals surface area contributed by atoms with E-state index in [2.05, 4.69) is 4.74 Å². The highest BCUT2D eigenvalue weighted by Crippen LogP contribution is 2.32. The summed E-state index contributed by atoms with van der Waals surface area (Å²) in [4.78, 5) is 49.9. The highest BCUT2D eigenvalue weighted by Gasteiger charge is 2.33. The summed E-state index contributed by atoms with van der Waals surface area (Å²) in [6.45, 7) is 5.88. The van der Waals surface area contributed by atoms with Crippen LogP contribution in [0.5, 0.6) is 0 Å². The lowest BCUT2D eigenvalue weighted by Gasteiger charge is -2.25. The summed E-state index contributed by atoms with van der Waals surface area (Å²) in [5.74, 6) is -1.36. The van der Waals surface area contributed by atoms with E-state index in [0.717, 1.165) is 16.7 Å². The topological polar surface area (TPSA) is 125 Å². The molecule has 3 rings (SSSR count). The van der Waals surface area contributed by atoms with E-state index in [9.17, 15) is 19.2 Å². The van der Waals surface area contributed by atoms with Crippen molar-refractivity contribution in [3.63, 3.8) is 0 Å². The van der Waals surface area contributed by atoms with Crippen molar-refractivity contribution < 1.29 is 33.4 Å². The molecule has 0 aromatic heterocycles. The Morgan fingerprint density at radius 1 is 1.06 bits per heavy atom. The van der Waals surface area contributed by atoms with Crippen LogP contribution in [-0.2, 0) is 46.4 Å². The van der Waals surface area contributed by atoms with Gasteiger partial charge in [-0.3, -0.25) is 19.2 Å². The summed E-state index contributed by atoms with van der Waals surface area (Å²) in [7, 11) is 1.29. The Hall–Kier alpha value is -3.88. The highest BCUT2D eigenvalue weighted by molar-refractivity contribution is 6.05. The van der Waals surface area contributed by atoms with Crippen LogP contribution in [0.15, 0.2) is 59.5 Å². The number of esters is 2. The number of carbonyl (C=O) groups excluding carboxylic acids is 4. The van der Waals surface area contributed by atoms with Gasteiger partial charge in [0, 0.05) is 24.7 Å². The summed E-state index contributed by atoms with van der Waals surface area (Å²) < 4.78 is 15.9. The molecule has 0 saturated carbocycles. The van der Waals surface area contributed by atoms with Gasteiger partial charge in [0.05, 0.1) is 13.5 Å². The first kappa shape index (κ1) is 26.7. The van der Waals surface area contributed by atoms with Crippen molar-refractivity contribution in [1.82, 2.24) is 4.90 Å². The van der Waals surface area contributed by atoms with Crippen molar-refractivity contribution >= 4 is 23.6 Å². The fraction of sp³-hybridized carbons (Fsp3) is 0.407. The van der Waals surface area contributed by atoms with Crippen molar-refractivity contribution in [1.29, 1.82) is 0 Å². The molecule has 2 N–H and O–H groups in total. The number of ketones is 1. The monoisotopic (exact) mass is 496 g/mol. The quantitative estimate of drug-likeness (QED) is 0.490. The minimum Gasteiger partial charge on any atom is -0.484 e. The lowest BCUT2D eigenvalue weighted by molar-refractivity contribution is -0.154. The standard InChI is InChI=1S/C27H32N2O7/c1-27(2,3)36-24(32)13-17-5-7-18(8-6-17)16-35-25-20-15-29(14-19(20)9-11-22(25)30)21(26(28)33)10-12-23(31)34-4/h5-9,11,14,21H,10,12-13,15-16H2,1-4H3,(H2,28,33). The Morgan fingerprint density at radius 2 is 1.72 bits per heavy atom. The van der Waals surface area contributed by atoms with Crippen LogP contribution in [0.2, 0.25) is 0 Å². The van der Waals surface area contributed by atoms with Gasteiger partial charge in [-0.05, 0) is 56.0 Å². The molecule has 1 aromatic carbocycles. The van der Waals surface area contributed by atoms with Crippen molar-refractivity contribution in [2.45, 2.75) is 58.3 Å². The van der Waals surface area contributed by atoms with E-state index in [1.54, 1.807) is 17.2 Å². The molecule has 0 radical (unpaired) electrons. The number of amides is 1. The van der Waals surface area contributed by atoms with Crippen molar-refractivity contribution in [3.8, 4) is 0 Å². The summed E-state index contributed by atoms with van der Waals surface area (Å²) in [5, 5.41) is 0. The van der Waals surface area contributed by atoms with Gasteiger partial charge >= 0.3 is 11.9 Å². The number of benzene rings is 1. The van der Waals surface area contributed by atoms with Crippen LogP contribution in [0.1, 0.15) is 44.7 Å². The number of hydrogen-bond acceptors (Lipinski definition) is 8. The second kappa shape index (κ2) is 11.2. The summed E-state index contributed by atoms with van der Waals surface area (Å²) in [6.07, 6.45) is 5.26. The fourth-order valence-corrected chi connectivity index (χ4v) is 3.95. The Kier molecular flexibility index (Phi) is 8.34. The zero-order valence-electron chi connectivity index (χ0n) is 21.0. The Bertz CT molecular complexity index is 1120. The fourth-order valence-electron chi connectivity index (χ4n) is 3.95. The van der Waals surface area contributed by atoms with Gasteiger partial charge < -0.3 is 24.8 Å². The molecule has 0 spiro atoms. The number of primary amides is 1. The first-order chi connectivity index (χ1) is 17.0. The van der Waals surface area contributed by atoms with Crippen LogP contribution in [0.4, 0.5) is 0 Å². The SMILES string of the molecule is COC(=O)CCC(C(N)=O)N1C=C2C=CC(=O)C(OCc3ccc(CC(=O)OC(C)(C)C)cc3)=C2C1. The molecule has 9 heteroatoms. The average Bonchev–Trinajstić information content (AvgIpc) is 3.21. The number of ether oxygens (including phenoxy) is 3. The zero-order chi connectivity index (χ0) is 26.5. The number of fused-ring (bicyclic) bond motifs is 1. The number of allylic oxidation sites excluding steroid dienone is 2. The molecule has 1 aliphatic heterocycles. The molecule has 1 atom stereocenters. The van der Waals surface area contributed by atoms with Gasteiger partial charge in [0.25, 0.3) is 0 Å². The van der Waals surface area contributed by atoms with Crippen LogP contribution in [0.3, 0.4) is 0 Å². The molecule has 0 saturated heterocycles. The van der Waals surface area contributed by atoms with Gasteiger partial charge in [0.1, 0.15) is 18.2 Å². The van der Waals surface area contributed by atoms with Gasteiger partial charge in [-0.2, -0.15) is 0 Å². The van der Waals surface area contributed by atoms with E-state index < -0.39 is 23.5 Å². The molecule has 36 heavy (non-hydrogen) atoms. The molecule has 0 bridgehead atoms. The van der Waals surface area contributed by atoms with Gasteiger partial charge in [0.2, 0.25) is 11.7 Å². The Morgan fingerprint density at radius 3 is 2.33 bits per heavy atom. The van der Waals surface area contributed by atoms with Crippen LogP contribution in [0, 0.1) is 0 Å². The van der Waals surface area contributed by atoms with E-state index in [-0.39, 0.29) is 49.9 Å². The molecule has 9 nitrogen and oxygen atoms in total. The van der Waals surface area contributed by atoms with Gasteiger partial charge in [-0.1, -0.05) is 24.3 Å². The maximum Gasteiger partial charge on any atom is 0.310 e. The number of rotatable bonds is 10. The second-order valence-corrected chi connectivity index (χ2v) is 9.66. The number of hydrogen-bond donors (Lipinski definition) is 1. The Labute approximate surface area is 210 Å². The maximum atomic E-state index is 12.6. The first-order valence-corrected chi connectivity index (χ1v) is 11.7. The van der Waals surface area contributed by atoms with Gasteiger partial charge in [-0.25, -0.2) is 0 Å². The van der Waals surface area contributed by atoms with Crippen LogP contribution in [-0.4, -0.2) is 53.8 Å². The molecule has 1 unspecified atom stereocenters. The van der Waals surface area contributed by atoms with Crippen molar-refractivity contribution in [3.05, 3.63) is 70.6 Å². The summed E-state index contributed by atoms with van der Waals surface area (Å²) in [6, 6.07) is 6.59. The maximum absolute atomic E-state index is 12.6. The molecule has 1 aromatic rings. The lowest BCUT2D eigenvalue weighted by atomic mass is 10.00. The van der Waals surface area contributed by atoms with E-state index in [4.69, 9.17) is 15.2 Å². The van der Waals surface area contributed by atoms with E-state index in [1.807, 2.05) is 45.0 Å². The lowest BCUT2D eigenvalue weighted by Crippen LogP contribution is -2.41. The minimum atomic E-state index is -0.725. The number of nitrogens with two attached hydrogens (primary N) is 1. The Balaban J connectivity index is 1.66. The number of nitrogens with zero attached hydrogens (tertiary/aromatic N) is 1. The van der Waals surface area contributed by atoms with E-state index >= 15 is 0 Å². The van der Waals surface area contributed by atoms with Crippen LogP contribution < -0.4 is 5.73 Å². The van der Waals surface area contributed by atoms with Gasteiger partial charge in [-0.15, -0.1) is 0 Å². The summed E-state index contributed by atoms with van der Waals surface area (Å²) >= 11 is 0. The zero-order valence-corrected chi connectivity index (χ0v) is 21.0. The van der Waals surface area contributed by atoms with Gasteiger partial charge in [0.15, 0.2) is 5.76 Å². The van der Waals surface area contributed by atoms with Crippen LogP contribution >= 0.6 is 0 Å². The third kappa shape index (κ3) is 7.07. The molecule has 0 fully saturated rings. The van der Waals surface area contributed by atoms with Crippen LogP contribution in [0.25, 0.3) is 0 Å². The molecule has 1 aliphatic carbocycles. The number of methoxy groups -OCH3 is 1. The summed E-state index contributed by atoms with van der Waals surface area (Å²) in [5.41, 5.74) is 8.09. The predicted octanol–water partition coefficient (Wildman–Crippen LogP) is 2.49. The minimum absolute atomic E-state index is 0.0465. The molecule has 192 valence electrons. The second-order valence-electron chi connectivity index (χ2n) is 9.66.